The van der Waals surface area contributed by atoms with Gasteiger partial charge in [0.1, 0.15) is 11.3 Å². The Balaban J connectivity index is 1.39. The molecule has 0 aliphatic rings. The molecule has 30 heavy (non-hydrogen) atoms. The zero-order valence-corrected chi connectivity index (χ0v) is 17.0. The van der Waals surface area contributed by atoms with Gasteiger partial charge in [0.25, 0.3) is 0 Å². The maximum Gasteiger partial charge on any atom is 0.224 e. The summed E-state index contributed by atoms with van der Waals surface area (Å²) >= 11 is 0. The molecule has 3 aromatic carbocycles. The van der Waals surface area contributed by atoms with E-state index in [0.717, 1.165) is 28.7 Å². The fraction of sp³-hybridized carbons (Fsp3) is 0.192. The van der Waals surface area contributed by atoms with Gasteiger partial charge in [0, 0.05) is 29.5 Å². The highest BCUT2D eigenvalue weighted by Gasteiger charge is 2.15. The molecule has 0 aliphatic carbocycles. The Bertz CT molecular complexity index is 1060. The van der Waals surface area contributed by atoms with Gasteiger partial charge in [-0.05, 0) is 29.7 Å². The van der Waals surface area contributed by atoms with Gasteiger partial charge in [-0.3, -0.25) is 4.79 Å². The minimum absolute atomic E-state index is 0.00612. The molecular weight excluding hydrogens is 374 g/mol. The Hall–Kier alpha value is -3.53. The first-order valence-corrected chi connectivity index (χ1v) is 10.2. The van der Waals surface area contributed by atoms with Gasteiger partial charge in [0.15, 0.2) is 0 Å². The highest BCUT2D eigenvalue weighted by Crippen LogP contribution is 2.28. The number of rotatable bonds is 8. The number of furan rings is 1. The smallest absolute Gasteiger partial charge is 0.224 e. The van der Waals surface area contributed by atoms with Crippen molar-refractivity contribution in [1.29, 1.82) is 0 Å². The lowest BCUT2D eigenvalue weighted by Gasteiger charge is -2.18. The predicted octanol–water partition coefficient (Wildman–Crippen LogP) is 5.32. The van der Waals surface area contributed by atoms with Gasteiger partial charge in [-0.15, -0.1) is 0 Å². The molecule has 1 amide bonds. The number of methoxy groups -OCH3 is 1. The predicted molar refractivity (Wildman–Crippen MR) is 119 cm³/mol. The number of hydrogen-bond donors (Lipinski definition) is 1. The molecule has 152 valence electrons. The summed E-state index contributed by atoms with van der Waals surface area (Å²) in [5, 5.41) is 4.01. The second kappa shape index (κ2) is 9.31. The molecule has 0 saturated carbocycles. The van der Waals surface area contributed by atoms with E-state index in [1.165, 1.54) is 11.1 Å². The molecule has 0 radical (unpaired) electrons. The van der Waals surface area contributed by atoms with Gasteiger partial charge in [0.2, 0.25) is 5.91 Å². The third-order valence-corrected chi connectivity index (χ3v) is 5.37. The maximum atomic E-state index is 12.6. The van der Waals surface area contributed by atoms with Crippen LogP contribution in [-0.4, -0.2) is 19.6 Å². The summed E-state index contributed by atoms with van der Waals surface area (Å²) in [6.07, 6.45) is 2.78. The van der Waals surface area contributed by atoms with E-state index in [2.05, 4.69) is 53.8 Å². The van der Waals surface area contributed by atoms with E-state index in [9.17, 15) is 4.79 Å². The molecule has 1 aromatic heterocycles. The Morgan fingerprint density at radius 3 is 2.27 bits per heavy atom. The lowest BCUT2D eigenvalue weighted by Crippen LogP contribution is -2.27. The number of hydrogen-bond acceptors (Lipinski definition) is 3. The van der Waals surface area contributed by atoms with Crippen molar-refractivity contribution < 1.29 is 13.9 Å². The first-order valence-electron chi connectivity index (χ1n) is 10.2. The van der Waals surface area contributed by atoms with Crippen molar-refractivity contribution in [2.24, 2.45) is 0 Å². The standard InChI is InChI=1S/C26H25NO3/c1-29-22-12-13-24-21(18-30-25(24)17-22)16-26(28)27-15-14-23(19-8-4-2-5-9-19)20-10-6-3-7-11-20/h2-13,17-18,23H,14-16H2,1H3,(H,27,28). The van der Waals surface area contributed by atoms with E-state index < -0.39 is 0 Å². The van der Waals surface area contributed by atoms with E-state index in [-0.39, 0.29) is 11.8 Å². The van der Waals surface area contributed by atoms with Gasteiger partial charge in [-0.1, -0.05) is 60.7 Å². The Kier molecular flexibility index (Phi) is 6.14. The SMILES string of the molecule is COc1ccc2c(CC(=O)NCCC(c3ccccc3)c3ccccc3)coc2c1. The van der Waals surface area contributed by atoms with Crippen molar-refractivity contribution in [2.75, 3.05) is 13.7 Å². The minimum atomic E-state index is -0.00612. The van der Waals surface area contributed by atoms with Crippen LogP contribution in [0.25, 0.3) is 11.0 Å². The lowest BCUT2D eigenvalue weighted by molar-refractivity contribution is -0.120. The Morgan fingerprint density at radius 2 is 1.63 bits per heavy atom. The number of carbonyl (C=O) groups excluding carboxylic acids is 1. The molecule has 1 N–H and O–H groups in total. The average molecular weight is 399 g/mol. The number of amides is 1. The number of nitrogens with one attached hydrogen (secondary N) is 1. The zero-order chi connectivity index (χ0) is 20.8. The van der Waals surface area contributed by atoms with Crippen LogP contribution in [0.3, 0.4) is 0 Å². The van der Waals surface area contributed by atoms with Crippen LogP contribution in [0.15, 0.2) is 89.5 Å². The summed E-state index contributed by atoms with van der Waals surface area (Å²) in [4.78, 5) is 12.6. The number of carbonyl (C=O) groups is 1. The Labute approximate surface area is 176 Å². The topological polar surface area (TPSA) is 51.5 Å². The Morgan fingerprint density at radius 1 is 0.967 bits per heavy atom. The van der Waals surface area contributed by atoms with Crippen LogP contribution in [0.4, 0.5) is 0 Å². The van der Waals surface area contributed by atoms with Crippen molar-refractivity contribution in [3.05, 3.63) is 102 Å². The van der Waals surface area contributed by atoms with Crippen LogP contribution < -0.4 is 10.1 Å². The van der Waals surface area contributed by atoms with E-state index in [4.69, 9.17) is 9.15 Å². The third kappa shape index (κ3) is 4.54. The molecule has 0 bridgehead atoms. The second-order valence-corrected chi connectivity index (χ2v) is 7.31. The monoisotopic (exact) mass is 399 g/mol. The first kappa shape index (κ1) is 19.8. The molecule has 0 fully saturated rings. The molecule has 1 heterocycles. The van der Waals surface area contributed by atoms with Crippen LogP contribution in [0, 0.1) is 0 Å². The van der Waals surface area contributed by atoms with Crippen LogP contribution in [0.1, 0.15) is 29.0 Å². The second-order valence-electron chi connectivity index (χ2n) is 7.31. The molecular formula is C26H25NO3. The first-order chi connectivity index (χ1) is 14.7. The fourth-order valence-corrected chi connectivity index (χ4v) is 3.82. The van der Waals surface area contributed by atoms with E-state index in [1.807, 2.05) is 30.3 Å². The number of fused-ring (bicyclic) bond motifs is 1. The number of ether oxygens (including phenoxy) is 1. The van der Waals surface area contributed by atoms with Crippen molar-refractivity contribution in [2.45, 2.75) is 18.8 Å². The summed E-state index contributed by atoms with van der Waals surface area (Å²) in [5.74, 6) is 0.976. The quantitative estimate of drug-likeness (QED) is 0.436. The maximum absolute atomic E-state index is 12.6. The molecule has 4 nitrogen and oxygen atoms in total. The number of benzene rings is 3. The fourth-order valence-electron chi connectivity index (χ4n) is 3.82. The van der Waals surface area contributed by atoms with E-state index in [1.54, 1.807) is 13.4 Å². The van der Waals surface area contributed by atoms with E-state index >= 15 is 0 Å². The van der Waals surface area contributed by atoms with Gasteiger partial charge in [-0.25, -0.2) is 0 Å². The van der Waals surface area contributed by atoms with Crippen LogP contribution in [0.5, 0.6) is 5.75 Å². The summed E-state index contributed by atoms with van der Waals surface area (Å²) in [7, 11) is 1.62. The molecule has 0 aliphatic heterocycles. The van der Waals surface area contributed by atoms with Crippen molar-refractivity contribution >= 4 is 16.9 Å². The minimum Gasteiger partial charge on any atom is -0.497 e. The highest BCUT2D eigenvalue weighted by atomic mass is 16.5. The molecule has 0 unspecified atom stereocenters. The molecule has 4 heteroatoms. The largest absolute Gasteiger partial charge is 0.497 e. The van der Waals surface area contributed by atoms with Crippen LogP contribution >= 0.6 is 0 Å². The lowest BCUT2D eigenvalue weighted by atomic mass is 9.88. The molecule has 0 atom stereocenters. The van der Waals surface area contributed by atoms with Crippen molar-refractivity contribution in [3.63, 3.8) is 0 Å². The highest BCUT2D eigenvalue weighted by molar-refractivity contribution is 5.88. The molecule has 4 aromatic rings. The normalized spacial score (nSPS) is 11.0. The van der Waals surface area contributed by atoms with E-state index in [0.29, 0.717) is 13.0 Å². The molecule has 0 saturated heterocycles. The van der Waals surface area contributed by atoms with Crippen molar-refractivity contribution in [1.82, 2.24) is 5.32 Å². The van der Waals surface area contributed by atoms with Crippen LogP contribution in [0.2, 0.25) is 0 Å². The zero-order valence-electron chi connectivity index (χ0n) is 17.0. The third-order valence-electron chi connectivity index (χ3n) is 5.37. The summed E-state index contributed by atoms with van der Waals surface area (Å²) < 4.78 is 10.8. The van der Waals surface area contributed by atoms with Crippen LogP contribution in [-0.2, 0) is 11.2 Å². The summed E-state index contributed by atoms with van der Waals surface area (Å²) in [6.45, 7) is 0.608. The summed E-state index contributed by atoms with van der Waals surface area (Å²) in [6, 6.07) is 26.5. The average Bonchev–Trinajstić information content (AvgIpc) is 3.19. The summed E-state index contributed by atoms with van der Waals surface area (Å²) in [5.41, 5.74) is 4.12. The van der Waals surface area contributed by atoms with Gasteiger partial charge >= 0.3 is 0 Å². The van der Waals surface area contributed by atoms with Gasteiger partial charge in [0.05, 0.1) is 19.8 Å². The van der Waals surface area contributed by atoms with Gasteiger partial charge in [-0.2, -0.15) is 0 Å². The van der Waals surface area contributed by atoms with Gasteiger partial charge < -0.3 is 14.5 Å². The molecule has 0 spiro atoms. The van der Waals surface area contributed by atoms with Crippen molar-refractivity contribution in [3.8, 4) is 5.75 Å². The molecule has 4 rings (SSSR count).